The molecule has 1 unspecified atom stereocenters. The van der Waals surface area contributed by atoms with Crippen LogP contribution in [0.3, 0.4) is 0 Å². The van der Waals surface area contributed by atoms with Gasteiger partial charge in [0.2, 0.25) is 5.91 Å². The molecular formula is C29H36N2O6S. The lowest BCUT2D eigenvalue weighted by molar-refractivity contribution is -0.154. The predicted molar refractivity (Wildman–Crippen MR) is 146 cm³/mol. The Morgan fingerprint density at radius 3 is 2.50 bits per heavy atom. The van der Waals surface area contributed by atoms with E-state index in [-0.39, 0.29) is 30.9 Å². The van der Waals surface area contributed by atoms with Gasteiger partial charge in [-0.05, 0) is 49.9 Å². The number of hydrogen-bond acceptors (Lipinski definition) is 7. The quantitative estimate of drug-likeness (QED) is 0.437. The fraction of sp³-hybridized carbons (Fsp3) is 0.552. The number of thioether (sulfide) groups is 1. The molecule has 8 nitrogen and oxygen atoms in total. The minimum Gasteiger partial charge on any atom is -0.497 e. The predicted octanol–water partition coefficient (Wildman–Crippen LogP) is 3.20. The minimum absolute atomic E-state index is 0.192. The summed E-state index contributed by atoms with van der Waals surface area (Å²) in [5.74, 6) is -1.54. The van der Waals surface area contributed by atoms with Crippen molar-refractivity contribution in [1.29, 1.82) is 0 Å². The third-order valence-electron chi connectivity index (χ3n) is 8.19. The molecule has 1 N–H and O–H groups in total. The van der Waals surface area contributed by atoms with Crippen LogP contribution in [0.15, 0.2) is 48.6 Å². The largest absolute Gasteiger partial charge is 0.497 e. The summed E-state index contributed by atoms with van der Waals surface area (Å²) in [6, 6.07) is 5.84. The van der Waals surface area contributed by atoms with Crippen molar-refractivity contribution in [2.45, 2.75) is 55.2 Å². The van der Waals surface area contributed by atoms with E-state index in [1.807, 2.05) is 57.2 Å². The summed E-state index contributed by atoms with van der Waals surface area (Å²) in [6.07, 6.45) is 9.09. The Hall–Kier alpha value is -2.78. The first kappa shape index (κ1) is 26.8. The van der Waals surface area contributed by atoms with E-state index in [1.54, 1.807) is 29.0 Å². The molecule has 2 amide bonds. The third-order valence-corrected chi connectivity index (χ3v) is 9.99. The second-order valence-corrected chi connectivity index (χ2v) is 12.9. The highest BCUT2D eigenvalue weighted by atomic mass is 32.2. The number of ether oxygens (including phenoxy) is 2. The Balaban J connectivity index is 1.66. The molecule has 1 aromatic rings. The van der Waals surface area contributed by atoms with E-state index >= 15 is 0 Å². The number of nitrogens with zero attached hydrogens (tertiary/aromatic N) is 2. The first-order valence-electron chi connectivity index (χ1n) is 13.3. The highest BCUT2D eigenvalue weighted by Crippen LogP contribution is 2.65. The Morgan fingerprint density at radius 2 is 1.84 bits per heavy atom. The van der Waals surface area contributed by atoms with Crippen molar-refractivity contribution in [2.75, 3.05) is 31.8 Å². The number of benzene rings is 1. The van der Waals surface area contributed by atoms with E-state index in [0.29, 0.717) is 30.8 Å². The van der Waals surface area contributed by atoms with Crippen molar-refractivity contribution < 1.29 is 29.0 Å². The first-order chi connectivity index (χ1) is 18.2. The maximum Gasteiger partial charge on any atom is 0.311 e. The molecule has 38 heavy (non-hydrogen) atoms. The van der Waals surface area contributed by atoms with E-state index < -0.39 is 39.4 Å². The Morgan fingerprint density at radius 1 is 1.11 bits per heavy atom. The molecule has 2 fully saturated rings. The minimum atomic E-state index is -0.979. The van der Waals surface area contributed by atoms with Gasteiger partial charge in [-0.25, -0.2) is 0 Å². The molecule has 204 valence electrons. The van der Waals surface area contributed by atoms with Crippen molar-refractivity contribution in [3.05, 3.63) is 48.6 Å². The number of likely N-dealkylation sites (tertiary alicyclic amines) is 1. The number of rotatable bonds is 6. The van der Waals surface area contributed by atoms with Crippen LogP contribution in [0.1, 0.15) is 33.6 Å². The SMILES string of the molecule is COc1ccc(N2CC=C[C@]34S[C@]5(C)C=CCCOC(=O)[C@@H]5[C@H]3C(=O)N([C@@H](CO)CC(C)C)C4C2=O)cc1. The highest BCUT2D eigenvalue weighted by molar-refractivity contribution is 8.02. The van der Waals surface area contributed by atoms with E-state index in [2.05, 4.69) is 0 Å². The van der Waals surface area contributed by atoms with Gasteiger partial charge >= 0.3 is 5.97 Å². The standard InChI is InChI=1S/C29H36N2O6S/c1-18(2)16-20(17-32)31-24-26(34)30(19-8-10-21(36-4)11-9-19)14-7-13-29(24)22(25(31)33)23-27(35)37-15-6-5-12-28(23,3)38-29/h5,7-13,18,20,22-24,32H,6,14-17H2,1-4H3/t20-,22+,23+,24?,28-,29+/m1/s1. The van der Waals surface area contributed by atoms with Gasteiger partial charge in [0.05, 0.1) is 42.9 Å². The lowest BCUT2D eigenvalue weighted by Gasteiger charge is -2.40. The fourth-order valence-corrected chi connectivity index (χ4v) is 8.77. The number of aliphatic hydroxyl groups is 1. The number of amides is 2. The van der Waals surface area contributed by atoms with Crippen LogP contribution in [0.4, 0.5) is 5.69 Å². The van der Waals surface area contributed by atoms with Crippen LogP contribution in [0.25, 0.3) is 0 Å². The molecular weight excluding hydrogens is 504 g/mol. The normalized spacial score (nSPS) is 33.3. The molecule has 0 aliphatic carbocycles. The number of carbonyl (C=O) groups is 3. The van der Waals surface area contributed by atoms with Crippen molar-refractivity contribution >= 4 is 35.2 Å². The lowest BCUT2D eigenvalue weighted by atomic mass is 9.74. The lowest BCUT2D eigenvalue weighted by Crippen LogP contribution is -2.57. The van der Waals surface area contributed by atoms with E-state index in [9.17, 15) is 19.5 Å². The van der Waals surface area contributed by atoms with Crippen LogP contribution in [0, 0.1) is 17.8 Å². The summed E-state index contributed by atoms with van der Waals surface area (Å²) in [5, 5.41) is 10.5. The van der Waals surface area contributed by atoms with E-state index in [4.69, 9.17) is 9.47 Å². The second kappa shape index (κ2) is 10.1. The van der Waals surface area contributed by atoms with Crippen LogP contribution in [-0.4, -0.2) is 76.2 Å². The smallest absolute Gasteiger partial charge is 0.311 e. The number of anilines is 1. The summed E-state index contributed by atoms with van der Waals surface area (Å²) >= 11 is 1.51. The van der Waals surface area contributed by atoms with Gasteiger partial charge in [0, 0.05) is 17.0 Å². The number of aliphatic hydroxyl groups excluding tert-OH is 1. The molecule has 1 spiro atoms. The van der Waals surface area contributed by atoms with Crippen LogP contribution in [0.5, 0.6) is 5.75 Å². The second-order valence-electron chi connectivity index (χ2n) is 11.1. The average Bonchev–Trinajstić information content (AvgIpc) is 3.21. The molecule has 5 rings (SSSR count). The molecule has 0 aromatic heterocycles. The number of hydrogen-bond donors (Lipinski definition) is 1. The van der Waals surface area contributed by atoms with Crippen LogP contribution in [0.2, 0.25) is 0 Å². The number of cyclic esters (lactones) is 1. The zero-order chi connectivity index (χ0) is 27.2. The number of fused-ring (bicyclic) bond motifs is 2. The van der Waals surface area contributed by atoms with Gasteiger partial charge in [-0.2, -0.15) is 0 Å². The van der Waals surface area contributed by atoms with Gasteiger partial charge in [0.25, 0.3) is 5.91 Å². The number of esters is 1. The van der Waals surface area contributed by atoms with Gasteiger partial charge < -0.3 is 24.4 Å². The summed E-state index contributed by atoms with van der Waals surface area (Å²) in [6.45, 7) is 6.35. The molecule has 4 aliphatic rings. The van der Waals surface area contributed by atoms with Gasteiger partial charge in [-0.1, -0.05) is 38.2 Å². The van der Waals surface area contributed by atoms with E-state index in [1.165, 1.54) is 11.8 Å². The Bertz CT molecular complexity index is 1170. The molecule has 4 aliphatic heterocycles. The van der Waals surface area contributed by atoms with Crippen molar-refractivity contribution in [2.24, 2.45) is 17.8 Å². The summed E-state index contributed by atoms with van der Waals surface area (Å²) in [4.78, 5) is 45.7. The van der Waals surface area contributed by atoms with Crippen molar-refractivity contribution in [3.8, 4) is 5.75 Å². The van der Waals surface area contributed by atoms with Crippen molar-refractivity contribution in [1.82, 2.24) is 4.90 Å². The van der Waals surface area contributed by atoms with E-state index in [0.717, 1.165) is 0 Å². The highest BCUT2D eigenvalue weighted by Gasteiger charge is 2.74. The van der Waals surface area contributed by atoms with Crippen LogP contribution in [-0.2, 0) is 19.1 Å². The van der Waals surface area contributed by atoms with Gasteiger partial charge in [-0.15, -0.1) is 11.8 Å². The summed E-state index contributed by atoms with van der Waals surface area (Å²) in [5.41, 5.74) is 0.692. The van der Waals surface area contributed by atoms with Gasteiger partial charge in [-0.3, -0.25) is 14.4 Å². The number of methoxy groups -OCH3 is 1. The Kier molecular flexibility index (Phi) is 7.11. The van der Waals surface area contributed by atoms with Gasteiger partial charge in [0.1, 0.15) is 11.8 Å². The molecule has 1 aromatic carbocycles. The topological polar surface area (TPSA) is 96.4 Å². The van der Waals surface area contributed by atoms with Crippen LogP contribution >= 0.6 is 11.8 Å². The van der Waals surface area contributed by atoms with Crippen molar-refractivity contribution in [3.63, 3.8) is 0 Å². The molecule has 2 saturated heterocycles. The first-order valence-corrected chi connectivity index (χ1v) is 14.1. The third kappa shape index (κ3) is 4.14. The molecule has 6 atom stereocenters. The maximum absolute atomic E-state index is 14.5. The Labute approximate surface area is 228 Å². The zero-order valence-corrected chi connectivity index (χ0v) is 23.1. The molecule has 0 bridgehead atoms. The number of carbonyl (C=O) groups excluding carboxylic acids is 3. The summed E-state index contributed by atoms with van der Waals surface area (Å²) in [7, 11) is 1.59. The molecule has 0 saturated carbocycles. The maximum atomic E-state index is 14.5. The van der Waals surface area contributed by atoms with Crippen LogP contribution < -0.4 is 9.64 Å². The summed E-state index contributed by atoms with van der Waals surface area (Å²) < 4.78 is 9.20. The fourth-order valence-electron chi connectivity index (χ4n) is 6.63. The van der Waals surface area contributed by atoms with Gasteiger partial charge in [0.15, 0.2) is 0 Å². The average molecular weight is 541 g/mol. The monoisotopic (exact) mass is 540 g/mol. The zero-order valence-electron chi connectivity index (χ0n) is 22.3. The molecule has 4 heterocycles. The molecule has 9 heteroatoms. The molecule has 0 radical (unpaired) electrons.